The summed E-state index contributed by atoms with van der Waals surface area (Å²) >= 11 is 6.18. The van der Waals surface area contributed by atoms with Gasteiger partial charge in [-0.25, -0.2) is 12.8 Å². The molecule has 0 spiro atoms. The Balaban J connectivity index is 1.91. The van der Waals surface area contributed by atoms with E-state index in [2.05, 4.69) is 5.32 Å². The third kappa shape index (κ3) is 6.88. The van der Waals surface area contributed by atoms with Crippen LogP contribution in [0.4, 0.5) is 10.1 Å². The maximum Gasteiger partial charge on any atom is 0.244 e. The quantitative estimate of drug-likeness (QED) is 0.496. The van der Waals surface area contributed by atoms with E-state index in [-0.39, 0.29) is 34.8 Å². The average Bonchev–Trinajstić information content (AvgIpc) is 3.33. The first-order valence-corrected chi connectivity index (χ1v) is 13.9. The molecular weight excluding hydrogens is 509 g/mol. The number of nitrogens with one attached hydrogen (secondary N) is 1. The maximum atomic E-state index is 14.5. The van der Waals surface area contributed by atoms with Gasteiger partial charge in [-0.05, 0) is 44.0 Å². The van der Waals surface area contributed by atoms with Gasteiger partial charge < -0.3 is 15.0 Å². The van der Waals surface area contributed by atoms with Crippen LogP contribution in [0, 0.1) is 5.82 Å². The number of benzene rings is 2. The highest BCUT2D eigenvalue weighted by Gasteiger charge is 2.32. The molecule has 0 saturated heterocycles. The number of sulfonamides is 1. The highest BCUT2D eigenvalue weighted by Crippen LogP contribution is 2.30. The topological polar surface area (TPSA) is 96.0 Å². The van der Waals surface area contributed by atoms with Crippen LogP contribution in [0.1, 0.15) is 38.2 Å². The Morgan fingerprint density at radius 1 is 1.19 bits per heavy atom. The number of hydrogen-bond donors (Lipinski definition) is 1. The van der Waals surface area contributed by atoms with Crippen LogP contribution in [0.15, 0.2) is 42.5 Å². The summed E-state index contributed by atoms with van der Waals surface area (Å²) < 4.78 is 45.8. The van der Waals surface area contributed by atoms with Gasteiger partial charge in [0, 0.05) is 18.2 Å². The van der Waals surface area contributed by atoms with Crippen LogP contribution in [0.5, 0.6) is 5.75 Å². The third-order valence-electron chi connectivity index (χ3n) is 6.27. The summed E-state index contributed by atoms with van der Waals surface area (Å²) in [5, 5.41) is 3.13. The first kappa shape index (κ1) is 27.7. The number of methoxy groups -OCH3 is 1. The second-order valence-electron chi connectivity index (χ2n) is 8.87. The minimum absolute atomic E-state index is 0.0272. The van der Waals surface area contributed by atoms with Crippen LogP contribution in [0.3, 0.4) is 0 Å². The second-order valence-corrected chi connectivity index (χ2v) is 11.2. The summed E-state index contributed by atoms with van der Waals surface area (Å²) in [6.07, 6.45) is 4.73. The van der Waals surface area contributed by atoms with E-state index in [4.69, 9.17) is 16.3 Å². The molecule has 1 N–H and O–H groups in total. The molecule has 0 aliphatic heterocycles. The van der Waals surface area contributed by atoms with Gasteiger partial charge in [-0.1, -0.05) is 42.6 Å². The summed E-state index contributed by atoms with van der Waals surface area (Å²) in [7, 11) is -2.49. The minimum Gasteiger partial charge on any atom is -0.495 e. The Labute approximate surface area is 216 Å². The van der Waals surface area contributed by atoms with Crippen molar-refractivity contribution in [2.24, 2.45) is 0 Å². The number of ether oxygens (including phenoxy) is 1. The summed E-state index contributed by atoms with van der Waals surface area (Å²) in [6, 6.07) is 9.36. The summed E-state index contributed by atoms with van der Waals surface area (Å²) in [5.74, 6) is -1.21. The van der Waals surface area contributed by atoms with E-state index in [1.165, 1.54) is 48.4 Å². The summed E-state index contributed by atoms with van der Waals surface area (Å²) in [5.41, 5.74) is 0.371. The largest absolute Gasteiger partial charge is 0.495 e. The lowest BCUT2D eigenvalue weighted by Crippen LogP contribution is -2.52. The highest BCUT2D eigenvalue weighted by molar-refractivity contribution is 7.92. The molecular formula is C25H31ClFN3O5S. The Hall–Kier alpha value is -2.85. The van der Waals surface area contributed by atoms with Crippen LogP contribution in [0.2, 0.25) is 5.02 Å². The number of amides is 2. The lowest BCUT2D eigenvalue weighted by atomic mass is 10.1. The fraction of sp³-hybridized carbons (Fsp3) is 0.440. The first-order chi connectivity index (χ1) is 17.0. The van der Waals surface area contributed by atoms with Gasteiger partial charge in [-0.3, -0.25) is 13.9 Å². The second kappa shape index (κ2) is 11.9. The maximum absolute atomic E-state index is 14.5. The van der Waals surface area contributed by atoms with Gasteiger partial charge >= 0.3 is 0 Å². The van der Waals surface area contributed by atoms with Gasteiger partial charge in [-0.2, -0.15) is 0 Å². The number of anilines is 1. The van der Waals surface area contributed by atoms with Crippen molar-refractivity contribution < 1.29 is 27.1 Å². The van der Waals surface area contributed by atoms with Crippen molar-refractivity contribution in [3.63, 3.8) is 0 Å². The van der Waals surface area contributed by atoms with Crippen molar-refractivity contribution >= 4 is 39.1 Å². The molecule has 2 aromatic carbocycles. The van der Waals surface area contributed by atoms with Gasteiger partial charge in [0.25, 0.3) is 0 Å². The van der Waals surface area contributed by atoms with Gasteiger partial charge in [0.15, 0.2) is 0 Å². The third-order valence-corrected chi connectivity index (χ3v) is 7.71. The summed E-state index contributed by atoms with van der Waals surface area (Å²) in [4.78, 5) is 27.8. The lowest BCUT2D eigenvalue weighted by Gasteiger charge is -2.32. The van der Waals surface area contributed by atoms with E-state index in [0.29, 0.717) is 5.75 Å². The van der Waals surface area contributed by atoms with Crippen molar-refractivity contribution in [2.75, 3.05) is 24.2 Å². The standard InChI is InChI=1S/C25H31ClFN3O5S/c1-17(25(32)28-19-9-5-6-10-19)29(15-18-8-4-7-11-22(18)27)24(31)16-30(36(3,33)34)20-12-13-23(35-2)21(26)14-20/h4,7-8,11-14,17,19H,5-6,9-10,15-16H2,1-3H3,(H,28,32)/t17-/m0/s1. The molecule has 0 bridgehead atoms. The lowest BCUT2D eigenvalue weighted by molar-refractivity contribution is -0.139. The smallest absolute Gasteiger partial charge is 0.244 e. The molecule has 36 heavy (non-hydrogen) atoms. The molecule has 1 atom stereocenters. The van der Waals surface area contributed by atoms with Gasteiger partial charge in [-0.15, -0.1) is 0 Å². The normalized spacial score (nSPS) is 14.8. The van der Waals surface area contributed by atoms with E-state index in [1.54, 1.807) is 13.0 Å². The Morgan fingerprint density at radius 3 is 2.44 bits per heavy atom. The van der Waals surface area contributed by atoms with Crippen LogP contribution < -0.4 is 14.4 Å². The molecule has 0 aromatic heterocycles. The van der Waals surface area contributed by atoms with Crippen molar-refractivity contribution in [3.05, 3.63) is 58.9 Å². The van der Waals surface area contributed by atoms with Crippen molar-refractivity contribution in [1.29, 1.82) is 0 Å². The van der Waals surface area contributed by atoms with Crippen molar-refractivity contribution in [3.8, 4) is 5.75 Å². The van der Waals surface area contributed by atoms with Gasteiger partial charge in [0.1, 0.15) is 24.2 Å². The van der Waals surface area contributed by atoms with Crippen LogP contribution in [-0.4, -0.2) is 57.1 Å². The monoisotopic (exact) mass is 539 g/mol. The number of nitrogens with zero attached hydrogens (tertiary/aromatic N) is 2. The number of rotatable bonds is 10. The molecule has 1 aliphatic rings. The minimum atomic E-state index is -3.92. The van der Waals surface area contributed by atoms with E-state index in [9.17, 15) is 22.4 Å². The van der Waals surface area contributed by atoms with Crippen LogP contribution in [0.25, 0.3) is 0 Å². The van der Waals surface area contributed by atoms with E-state index in [0.717, 1.165) is 36.2 Å². The molecule has 1 aliphatic carbocycles. The molecule has 0 heterocycles. The Kier molecular flexibility index (Phi) is 9.19. The highest BCUT2D eigenvalue weighted by atomic mass is 35.5. The van der Waals surface area contributed by atoms with Gasteiger partial charge in [0.05, 0.1) is 24.1 Å². The number of hydrogen-bond acceptors (Lipinski definition) is 5. The van der Waals surface area contributed by atoms with E-state index >= 15 is 0 Å². The number of carbonyl (C=O) groups excluding carboxylic acids is 2. The van der Waals surface area contributed by atoms with Crippen LogP contribution in [-0.2, 0) is 26.2 Å². The SMILES string of the molecule is COc1ccc(N(CC(=O)N(Cc2ccccc2F)[C@@H](C)C(=O)NC2CCCC2)S(C)(=O)=O)cc1Cl. The molecule has 1 saturated carbocycles. The zero-order valence-corrected chi connectivity index (χ0v) is 22.1. The Morgan fingerprint density at radius 2 is 1.86 bits per heavy atom. The molecule has 196 valence electrons. The van der Waals surface area contributed by atoms with Crippen LogP contribution >= 0.6 is 11.6 Å². The molecule has 1 fully saturated rings. The molecule has 0 radical (unpaired) electrons. The average molecular weight is 540 g/mol. The van der Waals surface area contributed by atoms with Crippen molar-refractivity contribution in [1.82, 2.24) is 10.2 Å². The predicted octanol–water partition coefficient (Wildman–Crippen LogP) is 3.73. The molecule has 11 heteroatoms. The predicted molar refractivity (Wildman–Crippen MR) is 137 cm³/mol. The molecule has 3 rings (SSSR count). The molecule has 2 aromatic rings. The fourth-order valence-electron chi connectivity index (χ4n) is 4.21. The van der Waals surface area contributed by atoms with Gasteiger partial charge in [0.2, 0.25) is 21.8 Å². The molecule has 0 unspecified atom stereocenters. The van der Waals surface area contributed by atoms with E-state index in [1.807, 2.05) is 0 Å². The first-order valence-electron chi connectivity index (χ1n) is 11.7. The van der Waals surface area contributed by atoms with Crippen molar-refractivity contribution in [2.45, 2.75) is 51.2 Å². The zero-order chi connectivity index (χ0) is 26.5. The molecule has 2 amide bonds. The number of halogens is 2. The Bertz CT molecular complexity index is 1200. The number of carbonyl (C=O) groups is 2. The van der Waals surface area contributed by atoms with E-state index < -0.39 is 34.3 Å². The fourth-order valence-corrected chi connectivity index (χ4v) is 5.30. The zero-order valence-electron chi connectivity index (χ0n) is 20.5. The molecule has 8 nitrogen and oxygen atoms in total. The summed E-state index contributed by atoms with van der Waals surface area (Å²) in [6.45, 7) is 0.751.